The first-order valence-electron chi connectivity index (χ1n) is 6.24. The molecule has 2 aromatic rings. The first-order valence-corrected chi connectivity index (χ1v) is 6.64. The highest BCUT2D eigenvalue weighted by molar-refractivity contribution is 7.80. The molecule has 0 heterocycles. The van der Waals surface area contributed by atoms with Gasteiger partial charge in [-0.1, -0.05) is 30.4 Å². The Kier molecular flexibility index (Phi) is 4.84. The fourth-order valence-electron chi connectivity index (χ4n) is 1.77. The van der Waals surface area contributed by atoms with Crippen LogP contribution in [0.15, 0.2) is 48.5 Å². The zero-order valence-electron chi connectivity index (χ0n) is 11.1. The van der Waals surface area contributed by atoms with Crippen LogP contribution in [-0.2, 0) is 6.42 Å². The van der Waals surface area contributed by atoms with E-state index < -0.39 is 11.8 Å². The van der Waals surface area contributed by atoms with Gasteiger partial charge in [0.1, 0.15) is 5.82 Å². The SMILES string of the molecule is NC(=S)Cc1ccc(NC(=O)Nc2cccc(F)c2)cc1. The van der Waals surface area contributed by atoms with Crippen molar-refractivity contribution in [2.24, 2.45) is 5.73 Å². The van der Waals surface area contributed by atoms with E-state index in [1.165, 1.54) is 18.2 Å². The van der Waals surface area contributed by atoms with Crippen LogP contribution in [0.4, 0.5) is 20.6 Å². The summed E-state index contributed by atoms with van der Waals surface area (Å²) in [7, 11) is 0. The predicted octanol–water partition coefficient (Wildman–Crippen LogP) is 3.30. The maximum absolute atomic E-state index is 13.0. The first-order chi connectivity index (χ1) is 10.0. The lowest BCUT2D eigenvalue weighted by molar-refractivity contribution is 0.262. The van der Waals surface area contributed by atoms with Crippen LogP contribution < -0.4 is 16.4 Å². The highest BCUT2D eigenvalue weighted by Crippen LogP contribution is 2.12. The highest BCUT2D eigenvalue weighted by Gasteiger charge is 2.03. The number of hydrogen-bond donors (Lipinski definition) is 3. The number of amides is 2. The average Bonchev–Trinajstić information content (AvgIpc) is 2.40. The van der Waals surface area contributed by atoms with Gasteiger partial charge in [0.05, 0.1) is 4.99 Å². The van der Waals surface area contributed by atoms with Crippen molar-refractivity contribution in [2.45, 2.75) is 6.42 Å². The quantitative estimate of drug-likeness (QED) is 0.759. The third-order valence-electron chi connectivity index (χ3n) is 2.67. The molecule has 0 radical (unpaired) electrons. The highest BCUT2D eigenvalue weighted by atomic mass is 32.1. The molecule has 0 fully saturated rings. The molecule has 0 saturated carbocycles. The van der Waals surface area contributed by atoms with Crippen LogP contribution in [0.2, 0.25) is 0 Å². The zero-order valence-corrected chi connectivity index (χ0v) is 11.9. The van der Waals surface area contributed by atoms with Gasteiger partial charge in [-0.3, -0.25) is 0 Å². The molecule has 0 aliphatic heterocycles. The molecular formula is C15H14FN3OS. The lowest BCUT2D eigenvalue weighted by Crippen LogP contribution is -2.19. The number of urea groups is 1. The second-order valence-corrected chi connectivity index (χ2v) is 4.95. The van der Waals surface area contributed by atoms with Crippen molar-refractivity contribution in [1.82, 2.24) is 0 Å². The zero-order chi connectivity index (χ0) is 15.2. The van der Waals surface area contributed by atoms with E-state index in [9.17, 15) is 9.18 Å². The molecule has 4 nitrogen and oxygen atoms in total. The molecule has 0 aliphatic rings. The second-order valence-electron chi connectivity index (χ2n) is 4.43. The Hall–Kier alpha value is -2.47. The maximum Gasteiger partial charge on any atom is 0.323 e. The summed E-state index contributed by atoms with van der Waals surface area (Å²) in [6.45, 7) is 0. The standard InChI is InChI=1S/C15H14FN3OS/c16-11-2-1-3-13(9-11)19-15(20)18-12-6-4-10(5-7-12)8-14(17)21/h1-7,9H,8H2,(H2,17,21)(H2,18,19,20). The van der Waals surface area contributed by atoms with Gasteiger partial charge in [-0.2, -0.15) is 0 Å². The number of carbonyl (C=O) groups is 1. The van der Waals surface area contributed by atoms with Crippen molar-refractivity contribution in [3.63, 3.8) is 0 Å². The van der Waals surface area contributed by atoms with Gasteiger partial charge in [0.2, 0.25) is 0 Å². The Morgan fingerprint density at radius 3 is 2.38 bits per heavy atom. The van der Waals surface area contributed by atoms with Crippen molar-refractivity contribution in [3.8, 4) is 0 Å². The third-order valence-corrected chi connectivity index (χ3v) is 2.82. The van der Waals surface area contributed by atoms with E-state index in [1.54, 1.807) is 18.2 Å². The van der Waals surface area contributed by atoms with Crippen molar-refractivity contribution in [1.29, 1.82) is 0 Å². The summed E-state index contributed by atoms with van der Waals surface area (Å²) >= 11 is 4.83. The molecule has 2 amide bonds. The molecular weight excluding hydrogens is 289 g/mol. The molecule has 0 atom stereocenters. The minimum Gasteiger partial charge on any atom is -0.393 e. The topological polar surface area (TPSA) is 67.1 Å². The Balaban J connectivity index is 1.95. The normalized spacial score (nSPS) is 9.95. The van der Waals surface area contributed by atoms with Gasteiger partial charge in [0.15, 0.2) is 0 Å². The molecule has 2 aromatic carbocycles. The largest absolute Gasteiger partial charge is 0.393 e. The summed E-state index contributed by atoms with van der Waals surface area (Å²) in [5.74, 6) is -0.407. The Labute approximate surface area is 127 Å². The van der Waals surface area contributed by atoms with Crippen molar-refractivity contribution < 1.29 is 9.18 Å². The summed E-state index contributed by atoms with van der Waals surface area (Å²) < 4.78 is 13.0. The lowest BCUT2D eigenvalue weighted by Gasteiger charge is -2.08. The van der Waals surface area contributed by atoms with Crippen LogP contribution in [0.3, 0.4) is 0 Å². The van der Waals surface area contributed by atoms with E-state index in [1.807, 2.05) is 12.1 Å². The number of anilines is 2. The van der Waals surface area contributed by atoms with E-state index in [-0.39, 0.29) is 0 Å². The van der Waals surface area contributed by atoms with Gasteiger partial charge >= 0.3 is 6.03 Å². The molecule has 0 aliphatic carbocycles. The molecule has 0 bridgehead atoms. The van der Waals surface area contributed by atoms with Gasteiger partial charge in [0, 0.05) is 17.8 Å². The van der Waals surface area contributed by atoms with Crippen molar-refractivity contribution in [3.05, 3.63) is 59.9 Å². The number of thiocarbonyl (C=S) groups is 1. The predicted molar refractivity (Wildman–Crippen MR) is 86.0 cm³/mol. The van der Waals surface area contributed by atoms with E-state index >= 15 is 0 Å². The van der Waals surface area contributed by atoms with Gasteiger partial charge in [0.25, 0.3) is 0 Å². The van der Waals surface area contributed by atoms with Gasteiger partial charge in [-0.25, -0.2) is 9.18 Å². The molecule has 21 heavy (non-hydrogen) atoms. The molecule has 108 valence electrons. The number of nitrogens with two attached hydrogens (primary N) is 1. The summed E-state index contributed by atoms with van der Waals surface area (Å²) in [5.41, 5.74) is 7.44. The Bertz CT molecular complexity index is 658. The van der Waals surface area contributed by atoms with Crippen LogP contribution in [0.1, 0.15) is 5.56 Å². The molecule has 0 unspecified atom stereocenters. The number of rotatable bonds is 4. The van der Waals surface area contributed by atoms with E-state index in [0.717, 1.165) is 5.56 Å². The molecule has 2 rings (SSSR count). The van der Waals surface area contributed by atoms with Crippen molar-refractivity contribution >= 4 is 34.6 Å². The summed E-state index contributed by atoms with van der Waals surface area (Å²) in [5, 5.41) is 5.20. The summed E-state index contributed by atoms with van der Waals surface area (Å²) in [4.78, 5) is 12.2. The molecule has 4 N–H and O–H groups in total. The number of carbonyl (C=O) groups excluding carboxylic acids is 1. The van der Waals surface area contributed by atoms with Crippen LogP contribution in [0.5, 0.6) is 0 Å². The van der Waals surface area contributed by atoms with Crippen molar-refractivity contribution in [2.75, 3.05) is 10.6 Å². The van der Waals surface area contributed by atoms with Crippen LogP contribution in [0.25, 0.3) is 0 Å². The second kappa shape index (κ2) is 6.81. The van der Waals surface area contributed by atoms with Gasteiger partial charge in [-0.05, 0) is 35.9 Å². The number of hydrogen-bond acceptors (Lipinski definition) is 2. The molecule has 0 spiro atoms. The molecule has 6 heteroatoms. The minimum atomic E-state index is -0.442. The number of nitrogens with one attached hydrogen (secondary N) is 2. The van der Waals surface area contributed by atoms with Crippen LogP contribution >= 0.6 is 12.2 Å². The maximum atomic E-state index is 13.0. The molecule has 0 saturated heterocycles. The van der Waals surface area contributed by atoms with E-state index in [2.05, 4.69) is 10.6 Å². The fourth-order valence-corrected chi connectivity index (χ4v) is 1.93. The fraction of sp³-hybridized carbons (Fsp3) is 0.0667. The smallest absolute Gasteiger partial charge is 0.323 e. The first kappa shape index (κ1) is 14.9. The van der Waals surface area contributed by atoms with Gasteiger partial charge < -0.3 is 16.4 Å². The van der Waals surface area contributed by atoms with Crippen LogP contribution in [0, 0.1) is 5.82 Å². The van der Waals surface area contributed by atoms with E-state index in [0.29, 0.717) is 22.8 Å². The van der Waals surface area contributed by atoms with Crippen LogP contribution in [-0.4, -0.2) is 11.0 Å². The third kappa shape index (κ3) is 4.85. The van der Waals surface area contributed by atoms with Gasteiger partial charge in [-0.15, -0.1) is 0 Å². The summed E-state index contributed by atoms with van der Waals surface area (Å²) in [6.07, 6.45) is 0.519. The monoisotopic (exact) mass is 303 g/mol. The Morgan fingerprint density at radius 1 is 1.10 bits per heavy atom. The average molecular weight is 303 g/mol. The summed E-state index contributed by atoms with van der Waals surface area (Å²) in [6, 6.07) is 12.4. The number of benzene rings is 2. The van der Waals surface area contributed by atoms with E-state index in [4.69, 9.17) is 18.0 Å². The minimum absolute atomic E-state index is 0.387. The number of halogens is 1. The lowest BCUT2D eigenvalue weighted by atomic mass is 10.1. The Morgan fingerprint density at radius 2 is 1.76 bits per heavy atom. The molecule has 0 aromatic heterocycles.